The van der Waals surface area contributed by atoms with Crippen LogP contribution in [0.3, 0.4) is 0 Å². The second-order valence-corrected chi connectivity index (χ2v) is 8.11. The van der Waals surface area contributed by atoms with Crippen molar-refractivity contribution in [2.45, 2.75) is 32.7 Å². The Morgan fingerprint density at radius 3 is 2.72 bits per heavy atom. The van der Waals surface area contributed by atoms with E-state index in [1.165, 1.54) is 6.20 Å². The maximum atomic E-state index is 12.8. The van der Waals surface area contributed by atoms with Crippen LogP contribution in [-0.2, 0) is 9.59 Å². The zero-order valence-corrected chi connectivity index (χ0v) is 17.9. The molecule has 29 heavy (non-hydrogen) atoms. The lowest BCUT2D eigenvalue weighted by atomic mass is 9.95. The van der Waals surface area contributed by atoms with Crippen molar-refractivity contribution in [1.82, 2.24) is 9.88 Å². The van der Waals surface area contributed by atoms with Crippen molar-refractivity contribution in [3.63, 3.8) is 0 Å². The molecule has 0 radical (unpaired) electrons. The van der Waals surface area contributed by atoms with Crippen molar-refractivity contribution in [3.8, 4) is 0 Å². The van der Waals surface area contributed by atoms with Gasteiger partial charge in [0.2, 0.25) is 11.8 Å². The summed E-state index contributed by atoms with van der Waals surface area (Å²) in [7, 11) is 0. The predicted octanol–water partition coefficient (Wildman–Crippen LogP) is 4.37. The maximum absolute atomic E-state index is 12.8. The number of anilines is 2. The number of amides is 2. The first-order chi connectivity index (χ1) is 13.8. The Kier molecular flexibility index (Phi) is 7.11. The van der Waals surface area contributed by atoms with E-state index in [2.05, 4.69) is 15.6 Å². The molecule has 2 heterocycles. The molecule has 2 amide bonds. The van der Waals surface area contributed by atoms with E-state index >= 15 is 0 Å². The quantitative estimate of drug-likeness (QED) is 0.732. The summed E-state index contributed by atoms with van der Waals surface area (Å²) in [5, 5.41) is 6.91. The molecule has 2 unspecified atom stereocenters. The lowest BCUT2D eigenvalue weighted by Crippen LogP contribution is -2.49. The molecule has 6 nitrogen and oxygen atoms in total. The number of likely N-dealkylation sites (tertiary alicyclic amines) is 1. The molecule has 8 heteroatoms. The first kappa shape index (κ1) is 21.6. The zero-order chi connectivity index (χ0) is 21.0. The average molecular weight is 435 g/mol. The van der Waals surface area contributed by atoms with Crippen molar-refractivity contribution in [2.75, 3.05) is 23.7 Å². The van der Waals surface area contributed by atoms with Gasteiger partial charge in [0.05, 0.1) is 17.0 Å². The minimum atomic E-state index is -0.363. The van der Waals surface area contributed by atoms with E-state index in [4.69, 9.17) is 23.2 Å². The Hall–Kier alpha value is -2.15. The molecule has 1 aromatic carbocycles. The van der Waals surface area contributed by atoms with Gasteiger partial charge in [0.25, 0.3) is 0 Å². The standard InChI is InChI=1S/C21H24Cl2N4O2/c1-13-17(23)6-3-7-18(13)25-20(28)14(2)27-10-4-5-15(12-27)21(29)26-19-9-8-16(22)11-24-19/h3,6-9,11,14-15H,4-5,10,12H2,1-2H3,(H,25,28)(H,24,26,29). The molecule has 0 saturated carbocycles. The van der Waals surface area contributed by atoms with Gasteiger partial charge in [-0.15, -0.1) is 0 Å². The maximum Gasteiger partial charge on any atom is 0.241 e. The number of aromatic nitrogens is 1. The monoisotopic (exact) mass is 434 g/mol. The van der Waals surface area contributed by atoms with Crippen molar-refractivity contribution < 1.29 is 9.59 Å². The molecule has 1 aliphatic rings. The summed E-state index contributed by atoms with van der Waals surface area (Å²) < 4.78 is 0. The van der Waals surface area contributed by atoms with Gasteiger partial charge in [-0.1, -0.05) is 29.3 Å². The van der Waals surface area contributed by atoms with Crippen molar-refractivity contribution in [3.05, 3.63) is 52.1 Å². The van der Waals surface area contributed by atoms with Crippen LogP contribution in [0.15, 0.2) is 36.5 Å². The third-order valence-electron chi connectivity index (χ3n) is 5.25. The van der Waals surface area contributed by atoms with Crippen LogP contribution in [0, 0.1) is 12.8 Å². The minimum absolute atomic E-state index is 0.0946. The van der Waals surface area contributed by atoms with Gasteiger partial charge in [0.1, 0.15) is 5.82 Å². The molecule has 3 rings (SSSR count). The molecular weight excluding hydrogens is 411 g/mol. The first-order valence-corrected chi connectivity index (χ1v) is 10.3. The van der Waals surface area contributed by atoms with Gasteiger partial charge in [0.15, 0.2) is 0 Å². The van der Waals surface area contributed by atoms with Crippen LogP contribution < -0.4 is 10.6 Å². The number of rotatable bonds is 5. The fraction of sp³-hybridized carbons (Fsp3) is 0.381. The lowest BCUT2D eigenvalue weighted by molar-refractivity contribution is -0.125. The smallest absolute Gasteiger partial charge is 0.241 e. The van der Waals surface area contributed by atoms with Gasteiger partial charge in [-0.3, -0.25) is 14.5 Å². The topological polar surface area (TPSA) is 74.3 Å². The van der Waals surface area contributed by atoms with Gasteiger partial charge >= 0.3 is 0 Å². The molecule has 0 spiro atoms. The number of halogens is 2. The van der Waals surface area contributed by atoms with Gasteiger partial charge < -0.3 is 10.6 Å². The highest BCUT2D eigenvalue weighted by molar-refractivity contribution is 6.31. The van der Waals surface area contributed by atoms with Crippen LogP contribution in [0.2, 0.25) is 10.0 Å². The van der Waals surface area contributed by atoms with E-state index in [0.29, 0.717) is 28.1 Å². The Balaban J connectivity index is 1.60. The Labute approximate surface area is 180 Å². The van der Waals surface area contributed by atoms with E-state index in [-0.39, 0.29) is 23.8 Å². The van der Waals surface area contributed by atoms with Crippen LogP contribution >= 0.6 is 23.2 Å². The zero-order valence-electron chi connectivity index (χ0n) is 16.4. The summed E-state index contributed by atoms with van der Waals surface area (Å²) in [6.07, 6.45) is 3.12. The Morgan fingerprint density at radius 2 is 2.00 bits per heavy atom. The number of nitrogens with zero attached hydrogens (tertiary/aromatic N) is 2. The second kappa shape index (κ2) is 9.57. The van der Waals surface area contributed by atoms with Crippen LogP contribution in [-0.4, -0.2) is 40.8 Å². The molecule has 2 atom stereocenters. The summed E-state index contributed by atoms with van der Waals surface area (Å²) in [6.45, 7) is 5.01. The number of pyridine rings is 1. The highest BCUT2D eigenvalue weighted by atomic mass is 35.5. The molecule has 1 saturated heterocycles. The average Bonchev–Trinajstić information content (AvgIpc) is 2.72. The highest BCUT2D eigenvalue weighted by Crippen LogP contribution is 2.24. The molecule has 2 aromatic rings. The van der Waals surface area contributed by atoms with Crippen LogP contribution in [0.1, 0.15) is 25.3 Å². The summed E-state index contributed by atoms with van der Waals surface area (Å²) in [4.78, 5) is 31.5. The third kappa shape index (κ3) is 5.47. The van der Waals surface area contributed by atoms with Gasteiger partial charge in [0, 0.05) is 23.5 Å². The van der Waals surface area contributed by atoms with E-state index < -0.39 is 0 Å². The second-order valence-electron chi connectivity index (χ2n) is 7.26. The summed E-state index contributed by atoms with van der Waals surface area (Å²) in [5.41, 5.74) is 1.54. The molecule has 2 N–H and O–H groups in total. The van der Waals surface area contributed by atoms with Gasteiger partial charge in [-0.05, 0) is 63.1 Å². The number of hydrogen-bond acceptors (Lipinski definition) is 4. The number of hydrogen-bond donors (Lipinski definition) is 2. The van der Waals surface area contributed by atoms with Gasteiger partial charge in [-0.25, -0.2) is 4.98 Å². The minimum Gasteiger partial charge on any atom is -0.324 e. The van der Waals surface area contributed by atoms with Crippen LogP contribution in [0.4, 0.5) is 11.5 Å². The van der Waals surface area contributed by atoms with E-state index in [9.17, 15) is 9.59 Å². The van der Waals surface area contributed by atoms with E-state index in [1.807, 2.05) is 30.9 Å². The van der Waals surface area contributed by atoms with Crippen LogP contribution in [0.25, 0.3) is 0 Å². The number of benzene rings is 1. The fourth-order valence-electron chi connectivity index (χ4n) is 3.40. The molecule has 154 valence electrons. The molecule has 1 fully saturated rings. The third-order valence-corrected chi connectivity index (χ3v) is 5.89. The van der Waals surface area contributed by atoms with Crippen molar-refractivity contribution >= 4 is 46.5 Å². The van der Waals surface area contributed by atoms with E-state index in [1.54, 1.807) is 18.2 Å². The number of carbonyl (C=O) groups excluding carboxylic acids is 2. The number of nitrogens with one attached hydrogen (secondary N) is 2. The number of carbonyl (C=O) groups is 2. The normalized spacial score (nSPS) is 18.1. The molecule has 1 aliphatic heterocycles. The lowest BCUT2D eigenvalue weighted by Gasteiger charge is -2.35. The van der Waals surface area contributed by atoms with Crippen LogP contribution in [0.5, 0.6) is 0 Å². The number of piperidine rings is 1. The SMILES string of the molecule is Cc1c(Cl)cccc1NC(=O)C(C)N1CCCC(C(=O)Nc2ccc(Cl)cn2)C1. The largest absolute Gasteiger partial charge is 0.324 e. The molecule has 1 aromatic heterocycles. The summed E-state index contributed by atoms with van der Waals surface area (Å²) in [5.74, 6) is 0.0572. The van der Waals surface area contributed by atoms with Crippen molar-refractivity contribution in [2.24, 2.45) is 5.92 Å². The van der Waals surface area contributed by atoms with Gasteiger partial charge in [-0.2, -0.15) is 0 Å². The Morgan fingerprint density at radius 1 is 1.21 bits per heavy atom. The fourth-order valence-corrected chi connectivity index (χ4v) is 3.68. The first-order valence-electron chi connectivity index (χ1n) is 9.57. The predicted molar refractivity (Wildman–Crippen MR) is 116 cm³/mol. The molecule has 0 bridgehead atoms. The molecule has 0 aliphatic carbocycles. The molecular formula is C21H24Cl2N4O2. The Bertz CT molecular complexity index is 889. The van der Waals surface area contributed by atoms with Crippen molar-refractivity contribution in [1.29, 1.82) is 0 Å². The van der Waals surface area contributed by atoms with E-state index in [0.717, 1.165) is 24.9 Å². The summed E-state index contributed by atoms with van der Waals surface area (Å²) >= 11 is 12.0. The summed E-state index contributed by atoms with van der Waals surface area (Å²) in [6, 6.07) is 8.42. The highest BCUT2D eigenvalue weighted by Gasteiger charge is 2.31.